The molecule has 2 aromatic carbocycles. The van der Waals surface area contributed by atoms with E-state index in [0.717, 1.165) is 17.5 Å². The summed E-state index contributed by atoms with van der Waals surface area (Å²) >= 11 is 1.18. The van der Waals surface area contributed by atoms with E-state index in [1.165, 1.54) is 17.4 Å². The van der Waals surface area contributed by atoms with Crippen molar-refractivity contribution in [2.24, 2.45) is 0 Å². The number of benzene rings is 2. The van der Waals surface area contributed by atoms with E-state index in [4.69, 9.17) is 4.42 Å². The number of rotatable bonds is 3. The van der Waals surface area contributed by atoms with Gasteiger partial charge in [-0.2, -0.15) is 0 Å². The Balaban J connectivity index is 1.56. The van der Waals surface area contributed by atoms with Crippen molar-refractivity contribution in [2.45, 2.75) is 0 Å². The molecule has 4 aromatic rings. The zero-order chi connectivity index (χ0) is 17.4. The van der Waals surface area contributed by atoms with E-state index in [0.29, 0.717) is 22.0 Å². The minimum absolute atomic E-state index is 0.172. The molecule has 0 radical (unpaired) electrons. The van der Waals surface area contributed by atoms with Gasteiger partial charge in [0.1, 0.15) is 5.58 Å². The maximum absolute atomic E-state index is 13.3. The second kappa shape index (κ2) is 6.10. The fourth-order valence-corrected chi connectivity index (χ4v) is 3.09. The maximum atomic E-state index is 13.3. The molecule has 0 unspecified atom stereocenters. The lowest BCUT2D eigenvalue weighted by Gasteiger charge is -1.99. The van der Waals surface area contributed by atoms with Crippen LogP contribution in [0.3, 0.4) is 0 Å². The summed E-state index contributed by atoms with van der Waals surface area (Å²) in [4.78, 5) is 16.5. The van der Waals surface area contributed by atoms with E-state index in [9.17, 15) is 13.6 Å². The molecule has 0 aliphatic rings. The van der Waals surface area contributed by atoms with Crippen LogP contribution in [-0.2, 0) is 0 Å². The van der Waals surface area contributed by atoms with Gasteiger partial charge in [-0.05, 0) is 30.3 Å². The van der Waals surface area contributed by atoms with Gasteiger partial charge in [-0.15, -0.1) is 11.3 Å². The van der Waals surface area contributed by atoms with Crippen molar-refractivity contribution < 1.29 is 18.0 Å². The number of hydrogen-bond donors (Lipinski definition) is 1. The van der Waals surface area contributed by atoms with Crippen LogP contribution in [0.2, 0.25) is 0 Å². The van der Waals surface area contributed by atoms with Crippen molar-refractivity contribution in [1.82, 2.24) is 4.98 Å². The smallest absolute Gasteiger partial charge is 0.293 e. The number of furan rings is 1. The van der Waals surface area contributed by atoms with Crippen molar-refractivity contribution in [2.75, 3.05) is 5.32 Å². The van der Waals surface area contributed by atoms with E-state index in [-0.39, 0.29) is 5.76 Å². The summed E-state index contributed by atoms with van der Waals surface area (Å²) in [5.74, 6) is -2.12. The largest absolute Gasteiger partial charge is 0.451 e. The second-order valence-corrected chi connectivity index (χ2v) is 6.13. The molecule has 124 valence electrons. The number of para-hydroxylation sites is 1. The minimum Gasteiger partial charge on any atom is -0.451 e. The molecule has 0 spiro atoms. The van der Waals surface area contributed by atoms with E-state index in [1.807, 2.05) is 18.2 Å². The molecular formula is C18H10F2N2O2S. The number of carbonyl (C=O) groups is 1. The summed E-state index contributed by atoms with van der Waals surface area (Å²) in [6.07, 6.45) is 0. The number of anilines is 1. The van der Waals surface area contributed by atoms with E-state index in [1.54, 1.807) is 17.5 Å². The number of fused-ring (bicyclic) bond motifs is 1. The summed E-state index contributed by atoms with van der Waals surface area (Å²) in [5.41, 5.74) is 1.50. The number of amides is 1. The Bertz CT molecular complexity index is 1050. The van der Waals surface area contributed by atoms with Gasteiger partial charge in [0.05, 0.1) is 5.69 Å². The third kappa shape index (κ3) is 3.01. The lowest BCUT2D eigenvalue weighted by molar-refractivity contribution is 0.0998. The second-order valence-electron chi connectivity index (χ2n) is 5.27. The van der Waals surface area contributed by atoms with Gasteiger partial charge in [-0.25, -0.2) is 13.8 Å². The SMILES string of the molecule is O=C(Nc1nc(-c2ccc(F)c(F)c2)cs1)c1cc2ccccc2o1. The highest BCUT2D eigenvalue weighted by molar-refractivity contribution is 7.14. The fourth-order valence-electron chi connectivity index (χ4n) is 2.37. The van der Waals surface area contributed by atoms with Crippen molar-refractivity contribution in [1.29, 1.82) is 0 Å². The predicted molar refractivity (Wildman–Crippen MR) is 91.6 cm³/mol. The Hall–Kier alpha value is -3.06. The Morgan fingerprint density at radius 1 is 1.08 bits per heavy atom. The molecule has 1 N–H and O–H groups in total. The van der Waals surface area contributed by atoms with Crippen LogP contribution in [0.15, 0.2) is 58.3 Å². The lowest BCUT2D eigenvalue weighted by atomic mass is 10.2. The monoisotopic (exact) mass is 356 g/mol. The molecule has 4 rings (SSSR count). The highest BCUT2D eigenvalue weighted by Crippen LogP contribution is 2.27. The molecule has 4 nitrogen and oxygen atoms in total. The normalized spacial score (nSPS) is 11.0. The molecule has 25 heavy (non-hydrogen) atoms. The van der Waals surface area contributed by atoms with Gasteiger partial charge in [-0.3, -0.25) is 10.1 Å². The minimum atomic E-state index is -0.946. The average molecular weight is 356 g/mol. The molecule has 2 heterocycles. The third-order valence-electron chi connectivity index (χ3n) is 3.59. The first kappa shape index (κ1) is 15.5. The summed E-state index contributed by atoms with van der Waals surface area (Å²) in [6, 6.07) is 12.5. The average Bonchev–Trinajstić information content (AvgIpc) is 3.24. The van der Waals surface area contributed by atoms with Gasteiger partial charge in [0.15, 0.2) is 22.5 Å². The van der Waals surface area contributed by atoms with Gasteiger partial charge in [0.2, 0.25) is 0 Å². The number of hydrogen-bond acceptors (Lipinski definition) is 4. The van der Waals surface area contributed by atoms with E-state index >= 15 is 0 Å². The molecular weight excluding hydrogens is 346 g/mol. The van der Waals surface area contributed by atoms with Crippen LogP contribution in [0.25, 0.3) is 22.2 Å². The van der Waals surface area contributed by atoms with Crippen LogP contribution in [0.4, 0.5) is 13.9 Å². The third-order valence-corrected chi connectivity index (χ3v) is 4.35. The summed E-state index contributed by atoms with van der Waals surface area (Å²) in [5, 5.41) is 5.46. The van der Waals surface area contributed by atoms with Gasteiger partial charge < -0.3 is 4.42 Å². The number of nitrogens with zero attached hydrogens (tertiary/aromatic N) is 1. The van der Waals surface area contributed by atoms with Crippen molar-refractivity contribution in [3.05, 3.63) is 71.3 Å². The first-order valence-corrected chi connectivity index (χ1v) is 8.19. The van der Waals surface area contributed by atoms with Crippen LogP contribution < -0.4 is 5.32 Å². The summed E-state index contributed by atoms with van der Waals surface area (Å²) in [7, 11) is 0. The fraction of sp³-hybridized carbons (Fsp3) is 0. The number of thiazole rings is 1. The Morgan fingerprint density at radius 3 is 2.72 bits per heavy atom. The maximum Gasteiger partial charge on any atom is 0.293 e. The molecule has 0 saturated carbocycles. The first-order valence-electron chi connectivity index (χ1n) is 7.31. The van der Waals surface area contributed by atoms with Gasteiger partial charge in [-0.1, -0.05) is 18.2 Å². The molecule has 0 aliphatic heterocycles. The Morgan fingerprint density at radius 2 is 1.92 bits per heavy atom. The lowest BCUT2D eigenvalue weighted by Crippen LogP contribution is -2.10. The molecule has 0 saturated heterocycles. The molecule has 7 heteroatoms. The van der Waals surface area contributed by atoms with Gasteiger partial charge >= 0.3 is 0 Å². The molecule has 0 bridgehead atoms. The number of halogens is 2. The van der Waals surface area contributed by atoms with E-state index in [2.05, 4.69) is 10.3 Å². The summed E-state index contributed by atoms with van der Waals surface area (Å²) in [6.45, 7) is 0. The quantitative estimate of drug-likeness (QED) is 0.556. The molecule has 1 amide bonds. The van der Waals surface area contributed by atoms with Crippen LogP contribution >= 0.6 is 11.3 Å². The Labute approximate surface area is 144 Å². The van der Waals surface area contributed by atoms with Crippen LogP contribution in [0.5, 0.6) is 0 Å². The van der Waals surface area contributed by atoms with Crippen molar-refractivity contribution in [3.63, 3.8) is 0 Å². The van der Waals surface area contributed by atoms with Crippen LogP contribution in [0.1, 0.15) is 10.6 Å². The van der Waals surface area contributed by atoms with Gasteiger partial charge in [0.25, 0.3) is 5.91 Å². The zero-order valence-corrected chi connectivity index (χ0v) is 13.4. The molecule has 2 aromatic heterocycles. The van der Waals surface area contributed by atoms with Crippen LogP contribution in [-0.4, -0.2) is 10.9 Å². The predicted octanol–water partition coefficient (Wildman–Crippen LogP) is 5.09. The highest BCUT2D eigenvalue weighted by Gasteiger charge is 2.15. The standard InChI is InChI=1S/C18H10F2N2O2S/c19-12-6-5-10(7-13(12)20)14-9-25-18(21-14)22-17(23)16-8-11-3-1-2-4-15(11)24-16/h1-9H,(H,21,22,23). The van der Waals surface area contributed by atoms with Crippen LogP contribution in [0, 0.1) is 11.6 Å². The van der Waals surface area contributed by atoms with E-state index < -0.39 is 17.5 Å². The topological polar surface area (TPSA) is 55.1 Å². The highest BCUT2D eigenvalue weighted by atomic mass is 32.1. The number of aromatic nitrogens is 1. The number of carbonyl (C=O) groups excluding carboxylic acids is 1. The van der Waals surface area contributed by atoms with Gasteiger partial charge in [0, 0.05) is 16.3 Å². The molecule has 0 aliphatic carbocycles. The molecule has 0 atom stereocenters. The number of nitrogens with one attached hydrogen (secondary N) is 1. The van der Waals surface area contributed by atoms with Crippen molar-refractivity contribution >= 4 is 33.3 Å². The molecule has 0 fully saturated rings. The van der Waals surface area contributed by atoms with Crippen molar-refractivity contribution in [3.8, 4) is 11.3 Å². The zero-order valence-electron chi connectivity index (χ0n) is 12.6. The first-order chi connectivity index (χ1) is 12.1. The Kier molecular flexibility index (Phi) is 3.77. The summed E-state index contributed by atoms with van der Waals surface area (Å²) < 4.78 is 31.8.